The predicted molar refractivity (Wildman–Crippen MR) is 61.8 cm³/mol. The van der Waals surface area contributed by atoms with Crippen LogP contribution in [-0.2, 0) is 0 Å². The minimum atomic E-state index is 0.336. The van der Waals surface area contributed by atoms with E-state index < -0.39 is 0 Å². The Morgan fingerprint density at radius 2 is 2.00 bits per heavy atom. The topological polar surface area (TPSA) is 35.0 Å². The van der Waals surface area contributed by atoms with Gasteiger partial charge in [-0.15, -0.1) is 0 Å². The molecule has 1 aliphatic carbocycles. The zero-order chi connectivity index (χ0) is 10.7. The monoisotopic (exact) mass is 270 g/mol. The number of nitrogens with zero attached hydrogens (tertiary/aromatic N) is 2. The number of halogens is 1. The first kappa shape index (κ1) is 10.9. The number of rotatable bonds is 2. The lowest BCUT2D eigenvalue weighted by Crippen LogP contribution is -2.23. The molecular formula is C11H15BrN2O. The molecule has 3 nitrogen and oxygen atoms in total. The molecule has 4 heteroatoms. The third-order valence-electron chi connectivity index (χ3n) is 2.86. The molecule has 0 atom stereocenters. The van der Waals surface area contributed by atoms with E-state index >= 15 is 0 Å². The molecule has 2 rings (SSSR count). The fourth-order valence-electron chi connectivity index (χ4n) is 1.90. The van der Waals surface area contributed by atoms with Crippen LogP contribution in [0.25, 0.3) is 0 Å². The van der Waals surface area contributed by atoms with E-state index in [0.717, 1.165) is 23.4 Å². The lowest BCUT2D eigenvalue weighted by Gasteiger charge is -2.26. The fraction of sp³-hybridized carbons (Fsp3) is 0.636. The van der Waals surface area contributed by atoms with Crippen molar-refractivity contribution in [3.05, 3.63) is 17.0 Å². The summed E-state index contributed by atoms with van der Waals surface area (Å²) in [7, 11) is 0. The summed E-state index contributed by atoms with van der Waals surface area (Å²) in [5.41, 5.74) is 0. The molecule has 0 aromatic carbocycles. The quantitative estimate of drug-likeness (QED) is 0.775. The standard InChI is InChI=1S/C11H15BrN2O/c1-8-2-4-9(5-3-8)15-11-6-10(12)13-7-14-11/h6-9H,2-5H2,1H3. The van der Waals surface area contributed by atoms with E-state index in [1.807, 2.05) is 6.07 Å². The second kappa shape index (κ2) is 4.92. The summed E-state index contributed by atoms with van der Waals surface area (Å²) < 4.78 is 6.58. The molecule has 0 unspecified atom stereocenters. The zero-order valence-electron chi connectivity index (χ0n) is 8.82. The van der Waals surface area contributed by atoms with E-state index in [1.165, 1.54) is 19.2 Å². The van der Waals surface area contributed by atoms with Gasteiger partial charge >= 0.3 is 0 Å². The Morgan fingerprint density at radius 1 is 1.27 bits per heavy atom. The van der Waals surface area contributed by atoms with Gasteiger partial charge in [-0.1, -0.05) is 6.92 Å². The van der Waals surface area contributed by atoms with Crippen LogP contribution in [0.15, 0.2) is 17.0 Å². The van der Waals surface area contributed by atoms with Gasteiger partial charge in [-0.05, 0) is 47.5 Å². The number of ether oxygens (including phenoxy) is 1. The Balaban J connectivity index is 1.92. The highest BCUT2D eigenvalue weighted by atomic mass is 79.9. The highest BCUT2D eigenvalue weighted by Crippen LogP contribution is 2.26. The Bertz CT molecular complexity index is 324. The molecule has 15 heavy (non-hydrogen) atoms. The van der Waals surface area contributed by atoms with Crippen LogP contribution in [-0.4, -0.2) is 16.1 Å². The lowest BCUT2D eigenvalue weighted by molar-refractivity contribution is 0.130. The maximum absolute atomic E-state index is 5.80. The summed E-state index contributed by atoms with van der Waals surface area (Å²) >= 11 is 3.31. The Labute approximate surface area is 98.4 Å². The Morgan fingerprint density at radius 3 is 2.67 bits per heavy atom. The molecule has 0 N–H and O–H groups in total. The maximum atomic E-state index is 5.80. The van der Waals surface area contributed by atoms with Crippen LogP contribution in [0, 0.1) is 5.92 Å². The molecule has 0 amide bonds. The molecule has 0 radical (unpaired) electrons. The first-order valence-corrected chi connectivity index (χ1v) is 6.17. The van der Waals surface area contributed by atoms with Gasteiger partial charge in [0.05, 0.1) is 0 Å². The van der Waals surface area contributed by atoms with E-state index in [2.05, 4.69) is 32.8 Å². The van der Waals surface area contributed by atoms with Gasteiger partial charge in [0.1, 0.15) is 17.0 Å². The number of aromatic nitrogens is 2. The highest BCUT2D eigenvalue weighted by Gasteiger charge is 2.19. The summed E-state index contributed by atoms with van der Waals surface area (Å²) in [5, 5.41) is 0. The fourth-order valence-corrected chi connectivity index (χ4v) is 2.19. The van der Waals surface area contributed by atoms with Crippen molar-refractivity contribution in [2.75, 3.05) is 0 Å². The third kappa shape index (κ3) is 3.16. The minimum Gasteiger partial charge on any atom is -0.474 e. The van der Waals surface area contributed by atoms with Crippen molar-refractivity contribution < 1.29 is 4.74 Å². The van der Waals surface area contributed by atoms with Crippen molar-refractivity contribution in [1.82, 2.24) is 9.97 Å². The molecule has 1 heterocycles. The molecule has 1 fully saturated rings. The van der Waals surface area contributed by atoms with Crippen molar-refractivity contribution in [3.8, 4) is 5.88 Å². The molecule has 0 spiro atoms. The van der Waals surface area contributed by atoms with Crippen LogP contribution in [0.4, 0.5) is 0 Å². The van der Waals surface area contributed by atoms with Crippen molar-refractivity contribution in [2.24, 2.45) is 5.92 Å². The van der Waals surface area contributed by atoms with E-state index in [1.54, 1.807) is 0 Å². The van der Waals surface area contributed by atoms with E-state index in [0.29, 0.717) is 12.0 Å². The predicted octanol–water partition coefficient (Wildman–Crippen LogP) is 3.20. The molecule has 0 saturated heterocycles. The van der Waals surface area contributed by atoms with Crippen LogP contribution < -0.4 is 4.74 Å². The molecular weight excluding hydrogens is 256 g/mol. The zero-order valence-corrected chi connectivity index (χ0v) is 10.4. The first-order chi connectivity index (χ1) is 7.24. The van der Waals surface area contributed by atoms with Gasteiger partial charge in [0.25, 0.3) is 0 Å². The van der Waals surface area contributed by atoms with Gasteiger partial charge in [0.15, 0.2) is 0 Å². The van der Waals surface area contributed by atoms with Crippen molar-refractivity contribution in [1.29, 1.82) is 0 Å². The molecule has 0 bridgehead atoms. The number of hydrogen-bond acceptors (Lipinski definition) is 3. The number of hydrogen-bond donors (Lipinski definition) is 0. The molecule has 1 aromatic heterocycles. The summed E-state index contributed by atoms with van der Waals surface area (Å²) in [6.07, 6.45) is 6.66. The van der Waals surface area contributed by atoms with E-state index in [-0.39, 0.29) is 0 Å². The molecule has 1 saturated carbocycles. The van der Waals surface area contributed by atoms with Gasteiger partial charge < -0.3 is 4.74 Å². The summed E-state index contributed by atoms with van der Waals surface area (Å²) in [4.78, 5) is 8.06. The normalized spacial score (nSPS) is 26.3. The molecule has 82 valence electrons. The molecule has 0 aliphatic heterocycles. The average molecular weight is 271 g/mol. The largest absolute Gasteiger partial charge is 0.474 e. The van der Waals surface area contributed by atoms with Gasteiger partial charge in [0, 0.05) is 6.07 Å². The van der Waals surface area contributed by atoms with Crippen LogP contribution in [0.1, 0.15) is 32.6 Å². The van der Waals surface area contributed by atoms with Crippen molar-refractivity contribution in [2.45, 2.75) is 38.7 Å². The SMILES string of the molecule is CC1CCC(Oc2cc(Br)ncn2)CC1. The summed E-state index contributed by atoms with van der Waals surface area (Å²) in [5.74, 6) is 1.53. The van der Waals surface area contributed by atoms with Crippen molar-refractivity contribution >= 4 is 15.9 Å². The molecule has 1 aliphatic rings. The smallest absolute Gasteiger partial charge is 0.217 e. The van der Waals surface area contributed by atoms with E-state index in [9.17, 15) is 0 Å². The second-order valence-corrected chi connectivity index (χ2v) is 4.99. The summed E-state index contributed by atoms with van der Waals surface area (Å²) in [6.45, 7) is 2.30. The maximum Gasteiger partial charge on any atom is 0.217 e. The highest BCUT2D eigenvalue weighted by molar-refractivity contribution is 9.10. The van der Waals surface area contributed by atoms with Crippen molar-refractivity contribution in [3.63, 3.8) is 0 Å². The van der Waals surface area contributed by atoms with Crippen LogP contribution in [0.2, 0.25) is 0 Å². The average Bonchev–Trinajstić information content (AvgIpc) is 2.22. The van der Waals surface area contributed by atoms with Gasteiger partial charge in [0.2, 0.25) is 5.88 Å². The van der Waals surface area contributed by atoms with Crippen LogP contribution in [0.5, 0.6) is 5.88 Å². The van der Waals surface area contributed by atoms with Gasteiger partial charge in [-0.3, -0.25) is 0 Å². The second-order valence-electron chi connectivity index (χ2n) is 4.18. The Hall–Kier alpha value is -0.640. The first-order valence-electron chi connectivity index (χ1n) is 5.38. The third-order valence-corrected chi connectivity index (χ3v) is 3.29. The van der Waals surface area contributed by atoms with Crippen LogP contribution >= 0.6 is 15.9 Å². The van der Waals surface area contributed by atoms with E-state index in [4.69, 9.17) is 4.74 Å². The van der Waals surface area contributed by atoms with Gasteiger partial charge in [-0.2, -0.15) is 0 Å². The lowest BCUT2D eigenvalue weighted by atomic mass is 9.89. The minimum absolute atomic E-state index is 0.336. The Kier molecular flexibility index (Phi) is 3.57. The molecule has 1 aromatic rings. The summed E-state index contributed by atoms with van der Waals surface area (Å²) in [6, 6.07) is 1.82. The van der Waals surface area contributed by atoms with Gasteiger partial charge in [-0.25, -0.2) is 9.97 Å². The van der Waals surface area contributed by atoms with Crippen LogP contribution in [0.3, 0.4) is 0 Å².